The van der Waals surface area contributed by atoms with Gasteiger partial charge >= 0.3 is 6.18 Å². The number of nitrogens with one attached hydrogen (secondary N) is 1. The van der Waals surface area contributed by atoms with Crippen molar-refractivity contribution < 1.29 is 17.7 Å². The van der Waals surface area contributed by atoms with Gasteiger partial charge in [-0.05, 0) is 24.6 Å². The maximum absolute atomic E-state index is 13.5. The quantitative estimate of drug-likeness (QED) is 0.692. The molecule has 0 spiro atoms. The van der Waals surface area contributed by atoms with E-state index in [1.807, 2.05) is 0 Å². The van der Waals surface area contributed by atoms with Gasteiger partial charge in [0.25, 0.3) is 5.56 Å². The maximum Gasteiger partial charge on any atom is 0.433 e. The number of halogens is 5. The van der Waals surface area contributed by atoms with Gasteiger partial charge in [0.1, 0.15) is 5.82 Å². The van der Waals surface area contributed by atoms with Crippen LogP contribution in [0.2, 0.25) is 10.0 Å². The lowest BCUT2D eigenvalue weighted by molar-refractivity contribution is -0.142. The summed E-state index contributed by atoms with van der Waals surface area (Å²) in [5.41, 5.74) is -2.31. The molecule has 2 heterocycles. The molecule has 1 aromatic carbocycles. The molecule has 1 N–H and O–H groups in total. The van der Waals surface area contributed by atoms with E-state index >= 15 is 0 Å². The summed E-state index contributed by atoms with van der Waals surface area (Å²) < 4.78 is 45.3. The number of aromatic nitrogens is 4. The van der Waals surface area contributed by atoms with Crippen LogP contribution >= 0.6 is 23.2 Å². The SMILES string of the molecule is Cc1noc(Cc2nc(C(F)(F)F)c(Cc3ccc(Cl)c(Cl)c3)c(=O)[nH]2)n1. The summed E-state index contributed by atoms with van der Waals surface area (Å²) in [4.78, 5) is 22.1. The predicted octanol–water partition coefficient (Wildman–Crippen LogP) is 3.97. The van der Waals surface area contributed by atoms with Crippen molar-refractivity contribution in [1.29, 1.82) is 0 Å². The molecule has 11 heteroatoms. The first kappa shape index (κ1) is 19.4. The van der Waals surface area contributed by atoms with E-state index in [0.717, 1.165) is 0 Å². The van der Waals surface area contributed by atoms with Crippen LogP contribution in [0.1, 0.15) is 34.4 Å². The van der Waals surface area contributed by atoms with Crippen molar-refractivity contribution in [3.8, 4) is 0 Å². The first-order valence-electron chi connectivity index (χ1n) is 7.56. The van der Waals surface area contributed by atoms with Gasteiger partial charge in [-0.25, -0.2) is 4.98 Å². The van der Waals surface area contributed by atoms with Crippen LogP contribution in [0, 0.1) is 6.92 Å². The molecule has 0 bridgehead atoms. The third kappa shape index (κ3) is 4.48. The fraction of sp³-hybridized carbons (Fsp3) is 0.250. The normalized spacial score (nSPS) is 11.8. The first-order valence-corrected chi connectivity index (χ1v) is 8.31. The second-order valence-corrected chi connectivity index (χ2v) is 6.49. The Balaban J connectivity index is 2.02. The zero-order chi connectivity index (χ0) is 19.8. The highest BCUT2D eigenvalue weighted by molar-refractivity contribution is 6.42. The molecule has 0 saturated heterocycles. The van der Waals surface area contributed by atoms with E-state index in [4.69, 9.17) is 27.7 Å². The Hall–Kier alpha value is -2.39. The van der Waals surface area contributed by atoms with E-state index in [0.29, 0.717) is 11.4 Å². The van der Waals surface area contributed by atoms with Crippen molar-refractivity contribution in [1.82, 2.24) is 20.1 Å². The largest absolute Gasteiger partial charge is 0.433 e. The predicted molar refractivity (Wildman–Crippen MR) is 91.0 cm³/mol. The molecule has 0 atom stereocenters. The Labute approximate surface area is 160 Å². The summed E-state index contributed by atoms with van der Waals surface area (Å²) >= 11 is 11.7. The van der Waals surface area contributed by atoms with E-state index in [-0.39, 0.29) is 34.6 Å². The minimum atomic E-state index is -4.82. The topological polar surface area (TPSA) is 84.7 Å². The van der Waals surface area contributed by atoms with Crippen molar-refractivity contribution in [3.05, 3.63) is 73.0 Å². The van der Waals surface area contributed by atoms with Gasteiger partial charge in [0.05, 0.1) is 22.0 Å². The molecule has 0 aliphatic carbocycles. The number of alkyl halides is 3. The molecule has 0 fully saturated rings. The average molecular weight is 419 g/mol. The van der Waals surface area contributed by atoms with Gasteiger partial charge in [-0.2, -0.15) is 18.2 Å². The molecule has 3 aromatic rings. The monoisotopic (exact) mass is 418 g/mol. The van der Waals surface area contributed by atoms with Crippen molar-refractivity contribution in [2.75, 3.05) is 0 Å². The molecular weight excluding hydrogens is 408 g/mol. The van der Waals surface area contributed by atoms with Crippen LogP contribution in [0.5, 0.6) is 0 Å². The van der Waals surface area contributed by atoms with E-state index in [2.05, 4.69) is 20.1 Å². The molecule has 0 aliphatic heterocycles. The van der Waals surface area contributed by atoms with Crippen LogP contribution in [0.25, 0.3) is 0 Å². The molecule has 142 valence electrons. The minimum Gasteiger partial charge on any atom is -0.339 e. The average Bonchev–Trinajstić information content (AvgIpc) is 2.97. The highest BCUT2D eigenvalue weighted by Gasteiger charge is 2.37. The van der Waals surface area contributed by atoms with Gasteiger partial charge < -0.3 is 9.51 Å². The summed E-state index contributed by atoms with van der Waals surface area (Å²) in [7, 11) is 0. The van der Waals surface area contributed by atoms with Gasteiger partial charge in [0, 0.05) is 6.42 Å². The number of H-pyrrole nitrogens is 1. The van der Waals surface area contributed by atoms with Crippen molar-refractivity contribution in [2.24, 2.45) is 0 Å². The highest BCUT2D eigenvalue weighted by atomic mass is 35.5. The summed E-state index contributed by atoms with van der Waals surface area (Å²) in [5, 5.41) is 3.98. The van der Waals surface area contributed by atoms with Crippen LogP contribution in [0.3, 0.4) is 0 Å². The Morgan fingerprint density at radius 3 is 2.48 bits per heavy atom. The molecule has 0 saturated carbocycles. The lowest BCUT2D eigenvalue weighted by atomic mass is 10.0. The highest BCUT2D eigenvalue weighted by Crippen LogP contribution is 2.31. The third-order valence-corrected chi connectivity index (χ3v) is 4.33. The molecule has 0 aliphatic rings. The molecule has 0 amide bonds. The van der Waals surface area contributed by atoms with E-state index in [1.165, 1.54) is 18.2 Å². The van der Waals surface area contributed by atoms with Gasteiger partial charge in [-0.1, -0.05) is 34.4 Å². The molecule has 27 heavy (non-hydrogen) atoms. The van der Waals surface area contributed by atoms with Crippen molar-refractivity contribution in [2.45, 2.75) is 25.9 Å². The molecule has 3 rings (SSSR count). The molecule has 6 nitrogen and oxygen atoms in total. The number of nitrogens with zero attached hydrogens (tertiary/aromatic N) is 3. The van der Waals surface area contributed by atoms with Crippen molar-refractivity contribution in [3.63, 3.8) is 0 Å². The summed E-state index contributed by atoms with van der Waals surface area (Å²) in [5.74, 6) is 0.134. The second-order valence-electron chi connectivity index (χ2n) is 5.67. The number of rotatable bonds is 4. The molecule has 0 unspecified atom stereocenters. The van der Waals surface area contributed by atoms with Gasteiger partial charge in [-0.15, -0.1) is 0 Å². The molecular formula is C16H11Cl2F3N4O2. The minimum absolute atomic E-state index is 0.0426. The van der Waals surface area contributed by atoms with Crippen molar-refractivity contribution >= 4 is 23.2 Å². The Kier molecular flexibility index (Phi) is 5.25. The number of hydrogen-bond donors (Lipinski definition) is 1. The molecule has 2 aromatic heterocycles. The zero-order valence-corrected chi connectivity index (χ0v) is 15.2. The molecule has 0 radical (unpaired) electrons. The summed E-state index contributed by atoms with van der Waals surface area (Å²) in [6, 6.07) is 4.34. The maximum atomic E-state index is 13.5. The van der Waals surface area contributed by atoms with E-state index in [9.17, 15) is 18.0 Å². The fourth-order valence-corrected chi connectivity index (χ4v) is 2.76. The second kappa shape index (κ2) is 7.32. The lowest BCUT2D eigenvalue weighted by Crippen LogP contribution is -2.25. The number of benzene rings is 1. The van der Waals surface area contributed by atoms with E-state index in [1.54, 1.807) is 6.92 Å². The number of aromatic amines is 1. The summed E-state index contributed by atoms with van der Waals surface area (Å²) in [6.07, 6.45) is -5.36. The smallest absolute Gasteiger partial charge is 0.339 e. The zero-order valence-electron chi connectivity index (χ0n) is 13.7. The fourth-order valence-electron chi connectivity index (χ4n) is 2.44. The third-order valence-electron chi connectivity index (χ3n) is 3.59. The Morgan fingerprint density at radius 1 is 1.15 bits per heavy atom. The van der Waals surface area contributed by atoms with Crippen LogP contribution < -0.4 is 5.56 Å². The number of hydrogen-bond acceptors (Lipinski definition) is 5. The van der Waals surface area contributed by atoms with Crippen LogP contribution in [0.15, 0.2) is 27.5 Å². The standard InChI is InChI=1S/C16H11Cl2F3N4O2/c1-7-22-13(27-25-7)6-12-23-14(16(19,20)21)9(15(26)24-12)4-8-2-3-10(17)11(18)5-8/h2-3,5H,4,6H2,1H3,(H,23,24,26). The lowest BCUT2D eigenvalue weighted by Gasteiger charge is -2.13. The Bertz CT molecular complexity index is 1050. The van der Waals surface area contributed by atoms with E-state index < -0.39 is 23.0 Å². The van der Waals surface area contributed by atoms with Gasteiger partial charge in [-0.3, -0.25) is 4.79 Å². The summed E-state index contributed by atoms with van der Waals surface area (Å²) in [6.45, 7) is 1.56. The van der Waals surface area contributed by atoms with Crippen LogP contribution in [-0.4, -0.2) is 20.1 Å². The Morgan fingerprint density at radius 2 is 1.89 bits per heavy atom. The number of aryl methyl sites for hydroxylation is 1. The van der Waals surface area contributed by atoms with Crippen LogP contribution in [0.4, 0.5) is 13.2 Å². The van der Waals surface area contributed by atoms with Gasteiger partial charge in [0.2, 0.25) is 5.89 Å². The van der Waals surface area contributed by atoms with Crippen LogP contribution in [-0.2, 0) is 19.0 Å². The van der Waals surface area contributed by atoms with Gasteiger partial charge in [0.15, 0.2) is 11.5 Å². The first-order chi connectivity index (χ1) is 12.6.